The topological polar surface area (TPSA) is 38.7 Å². The van der Waals surface area contributed by atoms with Gasteiger partial charge in [-0.2, -0.15) is 0 Å². The van der Waals surface area contributed by atoms with Gasteiger partial charge >= 0.3 is 0 Å². The molecule has 0 aliphatic rings. The van der Waals surface area contributed by atoms with Crippen LogP contribution in [0.3, 0.4) is 0 Å². The third kappa shape index (κ3) is 5.02. The molecule has 1 radical (unpaired) electrons. The molecule has 5 heteroatoms. The third-order valence-electron chi connectivity index (χ3n) is 4.75. The second kappa shape index (κ2) is 9.18. The van der Waals surface area contributed by atoms with Crippen LogP contribution in [-0.2, 0) is 25.5 Å². The summed E-state index contributed by atoms with van der Waals surface area (Å²) in [6.45, 7) is 6.60. The number of rotatable bonds is 3. The van der Waals surface area contributed by atoms with Crippen LogP contribution in [-0.4, -0.2) is 15.0 Å². The predicted molar refractivity (Wildman–Crippen MR) is 119 cm³/mol. The Labute approximate surface area is 196 Å². The van der Waals surface area contributed by atoms with E-state index in [1.807, 2.05) is 36.4 Å². The fraction of sp³-hybridized carbons (Fsp3) is 0.160. The van der Waals surface area contributed by atoms with Gasteiger partial charge in [-0.25, -0.2) is 9.97 Å². The molecule has 0 amide bonds. The van der Waals surface area contributed by atoms with E-state index in [2.05, 4.69) is 61.1 Å². The molecule has 0 atom stereocenters. The van der Waals surface area contributed by atoms with Crippen molar-refractivity contribution in [2.45, 2.75) is 26.2 Å². The molecule has 0 saturated carbocycles. The van der Waals surface area contributed by atoms with Crippen molar-refractivity contribution in [2.75, 3.05) is 0 Å². The summed E-state index contributed by atoms with van der Waals surface area (Å²) in [6.07, 6.45) is 1.77. The Kier molecular flexibility index (Phi) is 6.82. The molecule has 0 bridgehead atoms. The maximum atomic E-state index is 6.30. The van der Waals surface area contributed by atoms with E-state index in [9.17, 15) is 0 Å². The zero-order valence-electron chi connectivity index (χ0n) is 17.0. The Morgan fingerprint density at radius 3 is 2.17 bits per heavy atom. The summed E-state index contributed by atoms with van der Waals surface area (Å²) in [5, 5.41) is 0.408. The van der Waals surface area contributed by atoms with E-state index in [0.717, 1.165) is 28.1 Å². The van der Waals surface area contributed by atoms with E-state index in [-0.39, 0.29) is 25.5 Å². The largest absolute Gasteiger partial charge is 0.304 e. The molecule has 2 aromatic carbocycles. The molecule has 0 aliphatic heterocycles. The minimum Gasteiger partial charge on any atom is -0.304 e. The molecule has 2 aromatic heterocycles. The van der Waals surface area contributed by atoms with Gasteiger partial charge in [-0.05, 0) is 16.7 Å². The van der Waals surface area contributed by atoms with Gasteiger partial charge in [0.2, 0.25) is 0 Å². The average Bonchev–Trinajstić information content (AvgIpc) is 2.73. The van der Waals surface area contributed by atoms with Crippen LogP contribution in [0.15, 0.2) is 72.9 Å². The summed E-state index contributed by atoms with van der Waals surface area (Å²) in [4.78, 5) is 13.7. The number of hydrogen-bond acceptors (Lipinski definition) is 3. The molecule has 0 unspecified atom stereocenters. The van der Waals surface area contributed by atoms with Crippen molar-refractivity contribution in [3.8, 4) is 33.9 Å². The molecule has 30 heavy (non-hydrogen) atoms. The minimum atomic E-state index is 0. The number of pyridine rings is 1. The summed E-state index contributed by atoms with van der Waals surface area (Å²) in [6, 6.07) is 25.1. The van der Waals surface area contributed by atoms with Crippen LogP contribution in [0.4, 0.5) is 0 Å². The van der Waals surface area contributed by atoms with Gasteiger partial charge < -0.3 is 4.98 Å². The van der Waals surface area contributed by atoms with Crippen LogP contribution in [0.1, 0.15) is 26.3 Å². The van der Waals surface area contributed by atoms with E-state index in [0.29, 0.717) is 11.0 Å². The molecule has 153 valence electrons. The zero-order valence-corrected chi connectivity index (χ0v) is 20.1. The van der Waals surface area contributed by atoms with Gasteiger partial charge in [0, 0.05) is 43.5 Å². The first-order chi connectivity index (χ1) is 13.9. The number of hydrogen-bond donors (Lipinski definition) is 0. The van der Waals surface area contributed by atoms with Crippen molar-refractivity contribution >= 4 is 11.6 Å². The maximum Gasteiger partial charge on any atom is 0.162 e. The Hall–Kier alpha value is -2.39. The van der Waals surface area contributed by atoms with Gasteiger partial charge in [-0.1, -0.05) is 68.8 Å². The van der Waals surface area contributed by atoms with Crippen LogP contribution in [0.5, 0.6) is 0 Å². The third-order valence-corrected chi connectivity index (χ3v) is 4.94. The van der Waals surface area contributed by atoms with E-state index >= 15 is 0 Å². The number of benzene rings is 2. The predicted octanol–water partition coefficient (Wildman–Crippen LogP) is 6.62. The molecule has 4 rings (SSSR count). The molecular weight excluding hydrogens is 570 g/mol. The summed E-state index contributed by atoms with van der Waals surface area (Å²) < 4.78 is 0. The molecule has 0 spiro atoms. The summed E-state index contributed by atoms with van der Waals surface area (Å²) in [5.74, 6) is 0.559. The molecule has 3 nitrogen and oxygen atoms in total. The first-order valence-electron chi connectivity index (χ1n) is 9.49. The Bertz CT molecular complexity index is 1120. The van der Waals surface area contributed by atoms with Crippen LogP contribution >= 0.6 is 11.6 Å². The van der Waals surface area contributed by atoms with E-state index in [1.165, 1.54) is 5.56 Å². The van der Waals surface area contributed by atoms with Crippen LogP contribution in [0.2, 0.25) is 5.15 Å². The van der Waals surface area contributed by atoms with Crippen molar-refractivity contribution in [2.24, 2.45) is 0 Å². The zero-order chi connectivity index (χ0) is 20.4. The molecule has 0 N–H and O–H groups in total. The summed E-state index contributed by atoms with van der Waals surface area (Å²) >= 11 is 6.30. The average molecular weight is 591 g/mol. The fourth-order valence-corrected chi connectivity index (χ4v) is 3.26. The van der Waals surface area contributed by atoms with E-state index < -0.39 is 0 Å². The molecule has 0 aliphatic carbocycles. The standard InChI is InChI=1S/C25H21ClN3.Ir/c1-25(2,3)20-12-9-18(10-13-20)22-15-23(26)29-24(28-22)19-11-14-21(27-16-19)17-7-5-4-6-8-17;/h4-7,9-16H,1-3H3;/q-1;. The van der Waals surface area contributed by atoms with Crippen molar-refractivity contribution in [1.82, 2.24) is 15.0 Å². The molecule has 4 aromatic rings. The second-order valence-electron chi connectivity index (χ2n) is 7.94. The minimum absolute atomic E-state index is 0. The monoisotopic (exact) mass is 591 g/mol. The fourth-order valence-electron chi connectivity index (χ4n) is 3.07. The van der Waals surface area contributed by atoms with Gasteiger partial charge in [-0.3, -0.25) is 0 Å². The van der Waals surface area contributed by atoms with Gasteiger partial charge in [-0.15, -0.1) is 35.9 Å². The normalized spacial score (nSPS) is 11.1. The van der Waals surface area contributed by atoms with E-state index in [4.69, 9.17) is 16.6 Å². The Morgan fingerprint density at radius 2 is 1.57 bits per heavy atom. The summed E-state index contributed by atoms with van der Waals surface area (Å²) in [7, 11) is 0. The first-order valence-corrected chi connectivity index (χ1v) is 9.87. The first kappa shape index (κ1) is 22.3. The smallest absolute Gasteiger partial charge is 0.162 e. The van der Waals surface area contributed by atoms with Crippen molar-refractivity contribution in [3.63, 3.8) is 0 Å². The van der Waals surface area contributed by atoms with Gasteiger partial charge in [0.25, 0.3) is 0 Å². The molecular formula is C25H21ClIrN3-. The summed E-state index contributed by atoms with van der Waals surface area (Å²) in [5.41, 5.74) is 5.81. The van der Waals surface area contributed by atoms with E-state index in [1.54, 1.807) is 12.3 Å². The van der Waals surface area contributed by atoms with Crippen molar-refractivity contribution < 1.29 is 20.1 Å². The van der Waals surface area contributed by atoms with Crippen molar-refractivity contribution in [1.29, 1.82) is 0 Å². The quantitative estimate of drug-likeness (QED) is 0.199. The van der Waals surface area contributed by atoms with Crippen molar-refractivity contribution in [3.05, 3.63) is 89.7 Å². The Morgan fingerprint density at radius 1 is 0.833 bits per heavy atom. The second-order valence-corrected chi connectivity index (χ2v) is 8.32. The van der Waals surface area contributed by atoms with Gasteiger partial charge in [0.05, 0.1) is 5.69 Å². The molecule has 2 heterocycles. The van der Waals surface area contributed by atoms with Crippen LogP contribution < -0.4 is 0 Å². The maximum absolute atomic E-state index is 6.30. The number of aromatic nitrogens is 3. The van der Waals surface area contributed by atoms with Gasteiger partial charge in [0.15, 0.2) is 5.82 Å². The number of nitrogens with zero attached hydrogens (tertiary/aromatic N) is 3. The molecule has 0 saturated heterocycles. The Balaban J connectivity index is 0.00000256. The van der Waals surface area contributed by atoms with Crippen LogP contribution in [0, 0.1) is 6.07 Å². The van der Waals surface area contributed by atoms with Gasteiger partial charge in [0.1, 0.15) is 5.15 Å². The SMILES string of the molecule is CC(C)(C)c1ccc(-c2cc(Cl)nc(-c3ccc(-c4[c-]cccc4)nc3)n2)cc1.[Ir]. The number of halogens is 1. The molecule has 0 fully saturated rings. The van der Waals surface area contributed by atoms with Crippen LogP contribution in [0.25, 0.3) is 33.9 Å².